The quantitative estimate of drug-likeness (QED) is 0.794. The Morgan fingerprint density at radius 1 is 1.14 bits per heavy atom. The second-order valence-electron chi connectivity index (χ2n) is 5.42. The number of rotatable bonds is 4. The van der Waals surface area contributed by atoms with Crippen LogP contribution in [0, 0.1) is 0 Å². The summed E-state index contributed by atoms with van der Waals surface area (Å²) in [5.41, 5.74) is 4.04. The van der Waals surface area contributed by atoms with E-state index in [-0.39, 0.29) is 0 Å². The van der Waals surface area contributed by atoms with Crippen LogP contribution >= 0.6 is 0 Å². The lowest BCUT2D eigenvalue weighted by Crippen LogP contribution is -2.01. The third-order valence-corrected chi connectivity index (χ3v) is 4.13. The average Bonchev–Trinajstić information content (AvgIpc) is 3.15. The van der Waals surface area contributed by atoms with E-state index < -0.39 is 0 Å². The molecular weight excluding hydrogens is 262 g/mol. The summed E-state index contributed by atoms with van der Waals surface area (Å²) >= 11 is 0. The monoisotopic (exact) mass is 279 g/mol. The Bertz CT molecular complexity index is 797. The van der Waals surface area contributed by atoms with Gasteiger partial charge in [0.2, 0.25) is 5.89 Å². The average molecular weight is 279 g/mol. The van der Waals surface area contributed by atoms with E-state index in [4.69, 9.17) is 4.52 Å². The number of anilines is 1. The molecule has 0 saturated carbocycles. The molecule has 1 aliphatic carbocycles. The largest absolute Gasteiger partial charge is 0.376 e. The van der Waals surface area contributed by atoms with Gasteiger partial charge in [0, 0.05) is 17.5 Å². The van der Waals surface area contributed by atoms with Crippen molar-refractivity contribution in [3.05, 3.63) is 53.2 Å². The summed E-state index contributed by atoms with van der Waals surface area (Å²) in [6, 6.07) is 10.9. The molecule has 0 fully saturated rings. The van der Waals surface area contributed by atoms with Crippen LogP contribution in [0.25, 0.3) is 10.8 Å². The zero-order valence-corrected chi connectivity index (χ0v) is 12.0. The van der Waals surface area contributed by atoms with Gasteiger partial charge in [-0.1, -0.05) is 36.3 Å². The predicted molar refractivity (Wildman–Crippen MR) is 82.4 cm³/mol. The maximum atomic E-state index is 5.23. The molecule has 3 aromatic rings. The lowest BCUT2D eigenvalue weighted by atomic mass is 10.0. The second-order valence-corrected chi connectivity index (χ2v) is 5.42. The van der Waals surface area contributed by atoms with Gasteiger partial charge in [-0.05, 0) is 35.4 Å². The molecule has 1 aliphatic rings. The topological polar surface area (TPSA) is 51.0 Å². The maximum Gasteiger partial charge on any atom is 0.245 e. The minimum atomic E-state index is 0.561. The van der Waals surface area contributed by atoms with E-state index in [1.807, 2.05) is 6.92 Å². The molecule has 1 N–H and O–H groups in total. The molecule has 0 bridgehead atoms. The van der Waals surface area contributed by atoms with Gasteiger partial charge in [-0.2, -0.15) is 4.98 Å². The zero-order valence-electron chi connectivity index (χ0n) is 12.0. The van der Waals surface area contributed by atoms with E-state index in [0.717, 1.165) is 30.8 Å². The first-order chi connectivity index (χ1) is 10.3. The van der Waals surface area contributed by atoms with Gasteiger partial charge in [-0.25, -0.2) is 0 Å². The van der Waals surface area contributed by atoms with Gasteiger partial charge in [0.1, 0.15) is 0 Å². The van der Waals surface area contributed by atoms with Gasteiger partial charge in [0.25, 0.3) is 0 Å². The molecule has 0 aliphatic heterocycles. The highest BCUT2D eigenvalue weighted by Gasteiger charge is 2.15. The maximum absolute atomic E-state index is 5.23. The normalized spacial score (nSPS) is 13.0. The van der Waals surface area contributed by atoms with E-state index in [2.05, 4.69) is 45.8 Å². The fraction of sp³-hybridized carbons (Fsp3) is 0.294. The van der Waals surface area contributed by atoms with Gasteiger partial charge >= 0.3 is 0 Å². The highest BCUT2D eigenvalue weighted by Crippen LogP contribution is 2.35. The highest BCUT2D eigenvalue weighted by atomic mass is 16.5. The summed E-state index contributed by atoms with van der Waals surface area (Å²) in [5.74, 6) is 1.39. The minimum absolute atomic E-state index is 0.561. The minimum Gasteiger partial charge on any atom is -0.376 e. The number of aromatic nitrogens is 2. The summed E-state index contributed by atoms with van der Waals surface area (Å²) in [6.07, 6.45) is 3.10. The fourth-order valence-corrected chi connectivity index (χ4v) is 3.08. The molecule has 2 aromatic carbocycles. The first kappa shape index (κ1) is 12.4. The molecule has 21 heavy (non-hydrogen) atoms. The number of nitrogens with zero attached hydrogens (tertiary/aromatic N) is 2. The predicted octanol–water partition coefficient (Wildman–Crippen LogP) is 3.50. The van der Waals surface area contributed by atoms with Crippen molar-refractivity contribution in [2.75, 3.05) is 5.32 Å². The molecule has 106 valence electrons. The molecule has 0 amide bonds. The number of benzene rings is 2. The lowest BCUT2D eigenvalue weighted by Gasteiger charge is -2.10. The van der Waals surface area contributed by atoms with E-state index in [1.54, 1.807) is 0 Å². The molecule has 4 nitrogen and oxygen atoms in total. The Morgan fingerprint density at radius 3 is 2.81 bits per heavy atom. The standard InChI is InChI=1S/C17H17N3O/c1-2-15-19-16(21-20-15)10-18-14-9-8-12-7-6-11-4-3-5-13(14)17(11)12/h3-5,8-9,18H,2,6-7,10H2,1H3. The van der Waals surface area contributed by atoms with Crippen LogP contribution in [0.2, 0.25) is 0 Å². The molecule has 1 aromatic heterocycles. The first-order valence-corrected chi connectivity index (χ1v) is 7.44. The molecule has 0 spiro atoms. The number of hydrogen-bond acceptors (Lipinski definition) is 4. The molecule has 0 radical (unpaired) electrons. The van der Waals surface area contributed by atoms with E-state index >= 15 is 0 Å². The van der Waals surface area contributed by atoms with Crippen molar-refractivity contribution >= 4 is 16.5 Å². The van der Waals surface area contributed by atoms with Gasteiger partial charge in [0.15, 0.2) is 5.82 Å². The summed E-state index contributed by atoms with van der Waals surface area (Å²) < 4.78 is 5.23. The Hall–Kier alpha value is -2.36. The molecule has 4 heteroatoms. The van der Waals surface area contributed by atoms with Crippen LogP contribution in [0.1, 0.15) is 29.8 Å². The molecular formula is C17H17N3O. The Kier molecular flexibility index (Phi) is 2.88. The van der Waals surface area contributed by atoms with Crippen LogP contribution < -0.4 is 5.32 Å². The van der Waals surface area contributed by atoms with Crippen LogP contribution in [0.15, 0.2) is 34.9 Å². The number of nitrogens with one attached hydrogen (secondary N) is 1. The summed E-state index contributed by atoms with van der Waals surface area (Å²) in [4.78, 5) is 4.33. The Labute approximate surface area is 123 Å². The van der Waals surface area contributed by atoms with Crippen molar-refractivity contribution in [1.82, 2.24) is 10.1 Å². The first-order valence-electron chi connectivity index (χ1n) is 7.44. The lowest BCUT2D eigenvalue weighted by molar-refractivity contribution is 0.378. The molecule has 0 atom stereocenters. The number of hydrogen-bond donors (Lipinski definition) is 1. The number of aryl methyl sites for hydroxylation is 3. The SMILES string of the molecule is CCc1noc(CNc2ccc3c4c(cccc24)CC3)n1. The van der Waals surface area contributed by atoms with Crippen molar-refractivity contribution in [2.45, 2.75) is 32.7 Å². The highest BCUT2D eigenvalue weighted by molar-refractivity contribution is 5.99. The molecule has 1 heterocycles. The van der Waals surface area contributed by atoms with Crippen LogP contribution in [0.4, 0.5) is 5.69 Å². The van der Waals surface area contributed by atoms with Gasteiger partial charge < -0.3 is 9.84 Å². The van der Waals surface area contributed by atoms with Crippen molar-refractivity contribution < 1.29 is 4.52 Å². The summed E-state index contributed by atoms with van der Waals surface area (Å²) in [5, 5.41) is 10.1. The van der Waals surface area contributed by atoms with Crippen molar-refractivity contribution in [1.29, 1.82) is 0 Å². The van der Waals surface area contributed by atoms with E-state index in [0.29, 0.717) is 12.4 Å². The third kappa shape index (κ3) is 2.07. The van der Waals surface area contributed by atoms with E-state index in [1.165, 1.54) is 21.9 Å². The summed E-state index contributed by atoms with van der Waals surface area (Å²) in [6.45, 7) is 2.58. The van der Waals surface area contributed by atoms with Crippen molar-refractivity contribution in [3.8, 4) is 0 Å². The van der Waals surface area contributed by atoms with Crippen LogP contribution in [0.3, 0.4) is 0 Å². The van der Waals surface area contributed by atoms with Crippen LogP contribution in [0.5, 0.6) is 0 Å². The second kappa shape index (κ2) is 4.88. The fourth-order valence-electron chi connectivity index (χ4n) is 3.08. The van der Waals surface area contributed by atoms with Gasteiger partial charge in [0.05, 0.1) is 6.54 Å². The van der Waals surface area contributed by atoms with Crippen molar-refractivity contribution in [3.63, 3.8) is 0 Å². The Morgan fingerprint density at radius 2 is 2.00 bits per heavy atom. The smallest absolute Gasteiger partial charge is 0.245 e. The summed E-state index contributed by atoms with van der Waals surface area (Å²) in [7, 11) is 0. The zero-order chi connectivity index (χ0) is 14.2. The third-order valence-electron chi connectivity index (χ3n) is 4.13. The van der Waals surface area contributed by atoms with Crippen LogP contribution in [-0.4, -0.2) is 10.1 Å². The van der Waals surface area contributed by atoms with Crippen molar-refractivity contribution in [2.24, 2.45) is 0 Å². The van der Waals surface area contributed by atoms with Crippen LogP contribution in [-0.2, 0) is 25.8 Å². The molecule has 4 rings (SSSR count). The molecule has 0 saturated heterocycles. The van der Waals surface area contributed by atoms with E-state index in [9.17, 15) is 0 Å². The molecule has 0 unspecified atom stereocenters. The van der Waals surface area contributed by atoms with Gasteiger partial charge in [-0.3, -0.25) is 0 Å². The Balaban J connectivity index is 1.65. The van der Waals surface area contributed by atoms with Gasteiger partial charge in [-0.15, -0.1) is 0 Å².